The predicted octanol–water partition coefficient (Wildman–Crippen LogP) is 1.92. The Kier molecular flexibility index (Phi) is 3.40. The Morgan fingerprint density at radius 3 is 2.88 bits per heavy atom. The largest absolute Gasteiger partial charge is 0.490 e. The van der Waals surface area contributed by atoms with Crippen molar-refractivity contribution in [3.8, 4) is 5.75 Å². The van der Waals surface area contributed by atoms with Gasteiger partial charge in [0.15, 0.2) is 0 Å². The maximum Gasteiger partial charge on any atom is 0.122 e. The van der Waals surface area contributed by atoms with E-state index < -0.39 is 5.54 Å². The highest BCUT2D eigenvalue weighted by molar-refractivity contribution is 5.36. The van der Waals surface area contributed by atoms with Crippen molar-refractivity contribution >= 4 is 0 Å². The summed E-state index contributed by atoms with van der Waals surface area (Å²) in [5.74, 6) is 0.942. The first-order valence-corrected chi connectivity index (χ1v) is 6.16. The van der Waals surface area contributed by atoms with E-state index in [-0.39, 0.29) is 12.7 Å². The van der Waals surface area contributed by atoms with Crippen LogP contribution in [0.1, 0.15) is 30.4 Å². The second kappa shape index (κ2) is 4.67. The molecule has 17 heavy (non-hydrogen) atoms. The van der Waals surface area contributed by atoms with Crippen molar-refractivity contribution in [3.05, 3.63) is 29.3 Å². The molecule has 1 aliphatic carbocycles. The maximum atomic E-state index is 9.23. The van der Waals surface area contributed by atoms with Gasteiger partial charge in [0.2, 0.25) is 0 Å². The third-order valence-corrected chi connectivity index (χ3v) is 3.55. The lowest BCUT2D eigenvalue weighted by Gasteiger charge is -2.21. The molecule has 0 spiro atoms. The minimum Gasteiger partial charge on any atom is -0.490 e. The SMILES string of the molecule is Cc1ccc(C)c(OC2CCC(N)(CO)C2)c1. The van der Waals surface area contributed by atoms with Crippen LogP contribution >= 0.6 is 0 Å². The Labute approximate surface area is 103 Å². The van der Waals surface area contributed by atoms with Gasteiger partial charge >= 0.3 is 0 Å². The Balaban J connectivity index is 2.05. The molecule has 3 nitrogen and oxygen atoms in total. The average Bonchev–Trinajstić information content (AvgIpc) is 2.67. The Morgan fingerprint density at radius 2 is 2.24 bits per heavy atom. The summed E-state index contributed by atoms with van der Waals surface area (Å²) in [7, 11) is 0. The summed E-state index contributed by atoms with van der Waals surface area (Å²) in [6.07, 6.45) is 2.62. The molecule has 1 aromatic rings. The average molecular weight is 235 g/mol. The van der Waals surface area contributed by atoms with E-state index in [1.807, 2.05) is 6.92 Å². The Hall–Kier alpha value is -1.06. The molecule has 1 aromatic carbocycles. The molecule has 0 bridgehead atoms. The summed E-state index contributed by atoms with van der Waals surface area (Å²) in [6.45, 7) is 4.15. The first kappa shape index (κ1) is 12.4. The summed E-state index contributed by atoms with van der Waals surface area (Å²) >= 11 is 0. The number of aliphatic hydroxyl groups is 1. The minimum absolute atomic E-state index is 0.0413. The molecular weight excluding hydrogens is 214 g/mol. The molecule has 3 heteroatoms. The summed E-state index contributed by atoms with van der Waals surface area (Å²) in [6, 6.07) is 6.21. The van der Waals surface area contributed by atoms with E-state index in [1.165, 1.54) is 5.56 Å². The monoisotopic (exact) mass is 235 g/mol. The van der Waals surface area contributed by atoms with Crippen LogP contribution in [0.3, 0.4) is 0 Å². The molecule has 0 amide bonds. The second-order valence-electron chi connectivity index (χ2n) is 5.27. The molecule has 0 aliphatic heterocycles. The fourth-order valence-corrected chi connectivity index (χ4v) is 2.36. The highest BCUT2D eigenvalue weighted by Crippen LogP contribution is 2.31. The van der Waals surface area contributed by atoms with E-state index in [4.69, 9.17) is 10.5 Å². The molecular formula is C14H21NO2. The normalized spacial score (nSPS) is 28.4. The van der Waals surface area contributed by atoms with Crippen LogP contribution in [-0.4, -0.2) is 23.4 Å². The van der Waals surface area contributed by atoms with Gasteiger partial charge in [-0.05, 0) is 43.9 Å². The van der Waals surface area contributed by atoms with Crippen LogP contribution < -0.4 is 10.5 Å². The van der Waals surface area contributed by atoms with Crippen molar-refractivity contribution in [3.63, 3.8) is 0 Å². The maximum absolute atomic E-state index is 9.23. The lowest BCUT2D eigenvalue weighted by Crippen LogP contribution is -2.41. The number of aliphatic hydroxyl groups excluding tert-OH is 1. The van der Waals surface area contributed by atoms with Gasteiger partial charge in [-0.15, -0.1) is 0 Å². The van der Waals surface area contributed by atoms with E-state index in [0.717, 1.165) is 30.6 Å². The summed E-state index contributed by atoms with van der Waals surface area (Å²) in [5, 5.41) is 9.23. The van der Waals surface area contributed by atoms with Gasteiger partial charge in [0, 0.05) is 12.0 Å². The summed E-state index contributed by atoms with van der Waals surface area (Å²) in [4.78, 5) is 0. The van der Waals surface area contributed by atoms with Gasteiger partial charge in [-0.3, -0.25) is 0 Å². The van der Waals surface area contributed by atoms with Gasteiger partial charge < -0.3 is 15.6 Å². The van der Waals surface area contributed by atoms with Gasteiger partial charge in [0.25, 0.3) is 0 Å². The zero-order chi connectivity index (χ0) is 12.5. The Morgan fingerprint density at radius 1 is 1.47 bits per heavy atom. The lowest BCUT2D eigenvalue weighted by molar-refractivity contribution is 0.165. The number of rotatable bonds is 3. The minimum atomic E-state index is -0.442. The van der Waals surface area contributed by atoms with Crippen molar-refractivity contribution in [2.75, 3.05) is 6.61 Å². The number of hydrogen-bond donors (Lipinski definition) is 2. The standard InChI is InChI=1S/C14H21NO2/c1-10-3-4-11(2)13(7-10)17-12-5-6-14(15,8-12)9-16/h3-4,7,12,16H,5-6,8-9,15H2,1-2H3. The first-order valence-electron chi connectivity index (χ1n) is 6.16. The number of aryl methyl sites for hydroxylation is 2. The molecule has 3 N–H and O–H groups in total. The molecule has 2 unspecified atom stereocenters. The highest BCUT2D eigenvalue weighted by atomic mass is 16.5. The van der Waals surface area contributed by atoms with E-state index in [1.54, 1.807) is 0 Å². The summed E-state index contributed by atoms with van der Waals surface area (Å²) < 4.78 is 5.99. The molecule has 94 valence electrons. The van der Waals surface area contributed by atoms with Crippen molar-refractivity contribution < 1.29 is 9.84 Å². The zero-order valence-corrected chi connectivity index (χ0v) is 10.6. The van der Waals surface area contributed by atoms with Gasteiger partial charge in [-0.2, -0.15) is 0 Å². The van der Waals surface area contributed by atoms with E-state index in [0.29, 0.717) is 0 Å². The van der Waals surface area contributed by atoms with Crippen LogP contribution in [0, 0.1) is 13.8 Å². The van der Waals surface area contributed by atoms with Crippen LogP contribution in [0.4, 0.5) is 0 Å². The van der Waals surface area contributed by atoms with Gasteiger partial charge in [0.1, 0.15) is 11.9 Å². The highest BCUT2D eigenvalue weighted by Gasteiger charge is 2.36. The third-order valence-electron chi connectivity index (χ3n) is 3.55. The number of hydrogen-bond acceptors (Lipinski definition) is 3. The van der Waals surface area contributed by atoms with Crippen molar-refractivity contribution in [2.45, 2.75) is 44.8 Å². The van der Waals surface area contributed by atoms with Crippen molar-refractivity contribution in [1.29, 1.82) is 0 Å². The van der Waals surface area contributed by atoms with Gasteiger partial charge in [0.05, 0.1) is 6.61 Å². The van der Waals surface area contributed by atoms with Crippen LogP contribution in [0.5, 0.6) is 5.75 Å². The van der Waals surface area contributed by atoms with Crippen molar-refractivity contribution in [2.24, 2.45) is 5.73 Å². The number of nitrogens with two attached hydrogens (primary N) is 1. The van der Waals surface area contributed by atoms with E-state index >= 15 is 0 Å². The molecule has 0 heterocycles. The molecule has 1 aliphatic rings. The predicted molar refractivity (Wildman–Crippen MR) is 68.2 cm³/mol. The molecule has 2 rings (SSSR count). The zero-order valence-electron chi connectivity index (χ0n) is 10.6. The lowest BCUT2D eigenvalue weighted by atomic mass is 10.0. The molecule has 0 radical (unpaired) electrons. The Bertz CT molecular complexity index is 405. The quantitative estimate of drug-likeness (QED) is 0.841. The van der Waals surface area contributed by atoms with Crippen LogP contribution in [0.15, 0.2) is 18.2 Å². The summed E-state index contributed by atoms with van der Waals surface area (Å²) in [5.41, 5.74) is 7.94. The third kappa shape index (κ3) is 2.79. The number of benzene rings is 1. The topological polar surface area (TPSA) is 55.5 Å². The van der Waals surface area contributed by atoms with Crippen LogP contribution in [0.2, 0.25) is 0 Å². The first-order chi connectivity index (χ1) is 8.02. The molecule has 0 aromatic heterocycles. The molecule has 0 saturated heterocycles. The van der Waals surface area contributed by atoms with Crippen LogP contribution in [0.25, 0.3) is 0 Å². The van der Waals surface area contributed by atoms with Gasteiger partial charge in [-0.1, -0.05) is 12.1 Å². The number of ether oxygens (including phenoxy) is 1. The molecule has 1 fully saturated rings. The van der Waals surface area contributed by atoms with Crippen LogP contribution in [-0.2, 0) is 0 Å². The van der Waals surface area contributed by atoms with Gasteiger partial charge in [-0.25, -0.2) is 0 Å². The van der Waals surface area contributed by atoms with E-state index in [2.05, 4.69) is 25.1 Å². The smallest absolute Gasteiger partial charge is 0.122 e. The van der Waals surface area contributed by atoms with E-state index in [9.17, 15) is 5.11 Å². The molecule has 2 atom stereocenters. The second-order valence-corrected chi connectivity index (χ2v) is 5.27. The van der Waals surface area contributed by atoms with Crippen molar-refractivity contribution in [1.82, 2.24) is 0 Å². The molecule has 1 saturated carbocycles. The fraction of sp³-hybridized carbons (Fsp3) is 0.571. The fourth-order valence-electron chi connectivity index (χ4n) is 2.36.